The highest BCUT2D eigenvalue weighted by Gasteiger charge is 2.31. The standard InChI is InChI=1S/C16H29N3O2/c1-17-12-15(20)19(14-10-6-3-7-11-14)16(21)18-13-8-4-2-5-9-13/h13-14,17H,2-12H2,1H3,(H,18,21). The average Bonchev–Trinajstić information content (AvgIpc) is 2.50. The van der Waals surface area contributed by atoms with Crippen molar-refractivity contribution in [3.8, 4) is 0 Å². The topological polar surface area (TPSA) is 61.4 Å². The molecular weight excluding hydrogens is 266 g/mol. The van der Waals surface area contributed by atoms with Crippen LogP contribution in [0.4, 0.5) is 4.79 Å². The van der Waals surface area contributed by atoms with Crippen LogP contribution in [-0.4, -0.2) is 42.5 Å². The lowest BCUT2D eigenvalue weighted by Crippen LogP contribution is -2.54. The number of nitrogens with zero attached hydrogens (tertiary/aromatic N) is 1. The van der Waals surface area contributed by atoms with Gasteiger partial charge in [0.2, 0.25) is 5.91 Å². The van der Waals surface area contributed by atoms with Gasteiger partial charge in [0.15, 0.2) is 0 Å². The fourth-order valence-corrected chi connectivity index (χ4v) is 3.55. The van der Waals surface area contributed by atoms with Gasteiger partial charge < -0.3 is 10.6 Å². The number of carbonyl (C=O) groups excluding carboxylic acids is 2. The SMILES string of the molecule is CNCC(=O)N(C(=O)NC1CCCCC1)C1CCCCC1. The van der Waals surface area contributed by atoms with E-state index in [-0.39, 0.29) is 30.6 Å². The number of rotatable bonds is 4. The van der Waals surface area contributed by atoms with E-state index in [1.807, 2.05) is 0 Å². The Morgan fingerprint density at radius 3 is 2.10 bits per heavy atom. The second-order valence-electron chi connectivity index (χ2n) is 6.37. The molecule has 0 radical (unpaired) electrons. The second-order valence-corrected chi connectivity index (χ2v) is 6.37. The van der Waals surface area contributed by atoms with Crippen molar-refractivity contribution in [3.63, 3.8) is 0 Å². The van der Waals surface area contributed by atoms with Crippen LogP contribution < -0.4 is 10.6 Å². The summed E-state index contributed by atoms with van der Waals surface area (Å²) in [6, 6.07) is 0.164. The zero-order chi connectivity index (χ0) is 15.1. The number of amides is 3. The van der Waals surface area contributed by atoms with Gasteiger partial charge in [-0.1, -0.05) is 38.5 Å². The summed E-state index contributed by atoms with van der Waals surface area (Å²) in [5, 5.41) is 5.97. The van der Waals surface area contributed by atoms with Gasteiger partial charge in [-0.2, -0.15) is 0 Å². The molecule has 2 N–H and O–H groups in total. The molecule has 0 bridgehead atoms. The fraction of sp³-hybridized carbons (Fsp3) is 0.875. The van der Waals surface area contributed by atoms with E-state index in [0.29, 0.717) is 0 Å². The molecule has 0 aliphatic heterocycles. The molecule has 2 rings (SSSR count). The molecule has 0 spiro atoms. The van der Waals surface area contributed by atoms with Crippen LogP contribution in [0.15, 0.2) is 0 Å². The molecule has 0 aromatic rings. The normalized spacial score (nSPS) is 21.0. The van der Waals surface area contributed by atoms with E-state index in [2.05, 4.69) is 10.6 Å². The minimum atomic E-state index is -0.172. The van der Waals surface area contributed by atoms with Crippen LogP contribution >= 0.6 is 0 Å². The third kappa shape index (κ3) is 4.70. The number of hydrogen-bond donors (Lipinski definition) is 2. The molecule has 0 atom stereocenters. The van der Waals surface area contributed by atoms with Crippen molar-refractivity contribution in [1.82, 2.24) is 15.5 Å². The molecule has 2 aliphatic rings. The molecule has 5 nitrogen and oxygen atoms in total. The summed E-state index contributed by atoms with van der Waals surface area (Å²) in [6.07, 6.45) is 11.1. The maximum atomic E-state index is 12.6. The number of imide groups is 1. The molecule has 0 unspecified atom stereocenters. The third-order valence-electron chi connectivity index (χ3n) is 4.69. The summed E-state index contributed by atoms with van der Waals surface area (Å²) in [6.45, 7) is 0.231. The van der Waals surface area contributed by atoms with Crippen LogP contribution in [0.5, 0.6) is 0 Å². The van der Waals surface area contributed by atoms with E-state index < -0.39 is 0 Å². The van der Waals surface area contributed by atoms with Gasteiger partial charge in [0, 0.05) is 12.1 Å². The van der Waals surface area contributed by atoms with E-state index >= 15 is 0 Å². The number of urea groups is 1. The van der Waals surface area contributed by atoms with Crippen LogP contribution in [0.25, 0.3) is 0 Å². The number of carbonyl (C=O) groups is 2. The molecule has 0 saturated heterocycles. The minimum Gasteiger partial charge on any atom is -0.335 e. The van der Waals surface area contributed by atoms with Crippen LogP contribution in [-0.2, 0) is 4.79 Å². The molecule has 0 aromatic carbocycles. The summed E-state index contributed by atoms with van der Waals surface area (Å²) in [5.74, 6) is -0.0993. The second kappa shape index (κ2) is 8.37. The smallest absolute Gasteiger partial charge is 0.324 e. The molecule has 3 amide bonds. The van der Waals surface area contributed by atoms with E-state index in [1.165, 1.54) is 30.6 Å². The monoisotopic (exact) mass is 295 g/mol. The molecule has 0 aromatic heterocycles. The largest absolute Gasteiger partial charge is 0.335 e. The van der Waals surface area contributed by atoms with Gasteiger partial charge in [-0.3, -0.25) is 9.69 Å². The molecule has 120 valence electrons. The van der Waals surface area contributed by atoms with Crippen molar-refractivity contribution in [2.75, 3.05) is 13.6 Å². The fourth-order valence-electron chi connectivity index (χ4n) is 3.55. The van der Waals surface area contributed by atoms with Gasteiger partial charge in [0.1, 0.15) is 0 Å². The zero-order valence-electron chi connectivity index (χ0n) is 13.2. The Morgan fingerprint density at radius 1 is 0.952 bits per heavy atom. The summed E-state index contributed by atoms with van der Waals surface area (Å²) < 4.78 is 0. The lowest BCUT2D eigenvalue weighted by atomic mass is 9.93. The lowest BCUT2D eigenvalue weighted by molar-refractivity contribution is -0.129. The molecule has 2 fully saturated rings. The summed E-state index contributed by atoms with van der Waals surface area (Å²) in [7, 11) is 1.75. The third-order valence-corrected chi connectivity index (χ3v) is 4.69. The first kappa shape index (κ1) is 16.3. The minimum absolute atomic E-state index is 0.0863. The highest BCUT2D eigenvalue weighted by atomic mass is 16.2. The molecular formula is C16H29N3O2. The Balaban J connectivity index is 1.98. The van der Waals surface area contributed by atoms with Crippen LogP contribution in [0, 0.1) is 0 Å². The van der Waals surface area contributed by atoms with Crippen molar-refractivity contribution in [1.29, 1.82) is 0 Å². The summed E-state index contributed by atoms with van der Waals surface area (Å²) >= 11 is 0. The van der Waals surface area contributed by atoms with Gasteiger partial charge in [0.05, 0.1) is 6.54 Å². The van der Waals surface area contributed by atoms with Gasteiger partial charge in [-0.15, -0.1) is 0 Å². The van der Waals surface area contributed by atoms with Crippen molar-refractivity contribution in [2.45, 2.75) is 76.3 Å². The number of hydrogen-bond acceptors (Lipinski definition) is 3. The first-order valence-electron chi connectivity index (χ1n) is 8.49. The molecule has 5 heteroatoms. The quantitative estimate of drug-likeness (QED) is 0.837. The van der Waals surface area contributed by atoms with Crippen molar-refractivity contribution in [2.24, 2.45) is 0 Å². The van der Waals surface area contributed by atoms with E-state index in [4.69, 9.17) is 0 Å². The first-order valence-corrected chi connectivity index (χ1v) is 8.49. The van der Waals surface area contributed by atoms with Crippen LogP contribution in [0.1, 0.15) is 64.2 Å². The maximum Gasteiger partial charge on any atom is 0.324 e. The Kier molecular flexibility index (Phi) is 6.49. The Morgan fingerprint density at radius 2 is 1.52 bits per heavy atom. The van der Waals surface area contributed by atoms with Crippen LogP contribution in [0.2, 0.25) is 0 Å². The van der Waals surface area contributed by atoms with Gasteiger partial charge in [-0.25, -0.2) is 4.79 Å². The molecule has 2 aliphatic carbocycles. The average molecular weight is 295 g/mol. The Labute approximate surface area is 127 Å². The zero-order valence-corrected chi connectivity index (χ0v) is 13.2. The van der Waals surface area contributed by atoms with E-state index in [9.17, 15) is 9.59 Å². The molecule has 0 heterocycles. The van der Waals surface area contributed by atoms with Gasteiger partial charge >= 0.3 is 6.03 Å². The van der Waals surface area contributed by atoms with E-state index in [1.54, 1.807) is 7.05 Å². The highest BCUT2D eigenvalue weighted by Crippen LogP contribution is 2.24. The first-order chi connectivity index (χ1) is 10.2. The summed E-state index contributed by atoms with van der Waals surface area (Å²) in [4.78, 5) is 26.4. The van der Waals surface area contributed by atoms with Gasteiger partial charge in [-0.05, 0) is 32.7 Å². The highest BCUT2D eigenvalue weighted by molar-refractivity contribution is 5.96. The Hall–Kier alpha value is -1.10. The van der Waals surface area contributed by atoms with Crippen molar-refractivity contribution < 1.29 is 9.59 Å². The van der Waals surface area contributed by atoms with Crippen molar-refractivity contribution in [3.05, 3.63) is 0 Å². The number of nitrogens with one attached hydrogen (secondary N) is 2. The van der Waals surface area contributed by atoms with E-state index in [0.717, 1.165) is 38.5 Å². The lowest BCUT2D eigenvalue weighted by Gasteiger charge is -2.34. The molecule has 2 saturated carbocycles. The predicted octanol–water partition coefficient (Wildman–Crippen LogP) is 2.41. The van der Waals surface area contributed by atoms with Crippen molar-refractivity contribution >= 4 is 11.9 Å². The van der Waals surface area contributed by atoms with Crippen LogP contribution in [0.3, 0.4) is 0 Å². The Bertz CT molecular complexity index is 347. The summed E-state index contributed by atoms with van der Waals surface area (Å²) in [5.41, 5.74) is 0. The molecule has 21 heavy (non-hydrogen) atoms. The van der Waals surface area contributed by atoms with Gasteiger partial charge in [0.25, 0.3) is 0 Å². The number of likely N-dealkylation sites (N-methyl/N-ethyl adjacent to an activating group) is 1. The predicted molar refractivity (Wildman–Crippen MR) is 83.1 cm³/mol. The maximum absolute atomic E-state index is 12.6.